The number of thiocarbonyl (C=S) groups is 1. The minimum atomic E-state index is -0.181. The fourth-order valence-corrected chi connectivity index (χ4v) is 2.29. The average Bonchev–Trinajstić information content (AvgIpc) is 2.73. The Labute approximate surface area is 129 Å². The number of hydrogen-bond acceptors (Lipinski definition) is 4. The van der Waals surface area contributed by atoms with Gasteiger partial charge in [0.15, 0.2) is 5.11 Å². The van der Waals surface area contributed by atoms with E-state index in [0.717, 1.165) is 6.42 Å². The number of nitrogens with zero attached hydrogens (tertiary/aromatic N) is 1. The van der Waals surface area contributed by atoms with Gasteiger partial charge in [-0.25, -0.2) is 0 Å². The Kier molecular flexibility index (Phi) is 5.30. The molecule has 1 saturated heterocycles. The summed E-state index contributed by atoms with van der Waals surface area (Å²) >= 11 is 5.17. The number of aromatic hydroxyl groups is 1. The highest BCUT2D eigenvalue weighted by Gasteiger charge is 2.30. The molecule has 0 spiro atoms. The van der Waals surface area contributed by atoms with Gasteiger partial charge in [-0.3, -0.25) is 9.69 Å². The van der Waals surface area contributed by atoms with Crippen LogP contribution in [0.3, 0.4) is 0 Å². The first-order valence-electron chi connectivity index (χ1n) is 6.83. The normalized spacial score (nSPS) is 16.6. The third-order valence-corrected chi connectivity index (χ3v) is 3.40. The second-order valence-corrected chi connectivity index (χ2v) is 4.94. The van der Waals surface area contributed by atoms with Gasteiger partial charge in [-0.2, -0.15) is 0 Å². The zero-order valence-corrected chi connectivity index (χ0v) is 12.7. The van der Waals surface area contributed by atoms with E-state index in [0.29, 0.717) is 36.1 Å². The lowest BCUT2D eigenvalue weighted by Crippen LogP contribution is -2.32. The molecule has 1 amide bonds. The summed E-state index contributed by atoms with van der Waals surface area (Å²) in [6.07, 6.45) is 2.33. The molecule has 21 heavy (non-hydrogen) atoms. The highest BCUT2D eigenvalue weighted by Crippen LogP contribution is 2.21. The fourth-order valence-electron chi connectivity index (χ4n) is 2.01. The van der Waals surface area contributed by atoms with Crippen LogP contribution in [0, 0.1) is 0 Å². The van der Waals surface area contributed by atoms with Crippen LogP contribution in [0.4, 0.5) is 0 Å². The molecule has 1 aromatic rings. The predicted octanol–water partition coefficient (Wildman–Crippen LogP) is 1.88. The molecule has 5 nitrogen and oxygen atoms in total. The molecule has 1 aromatic carbocycles. The first-order chi connectivity index (χ1) is 10.1. The molecular weight excluding hydrogens is 288 g/mol. The maximum Gasteiger partial charge on any atom is 0.276 e. The molecule has 0 unspecified atom stereocenters. The van der Waals surface area contributed by atoms with Crippen molar-refractivity contribution in [2.24, 2.45) is 0 Å². The summed E-state index contributed by atoms with van der Waals surface area (Å²) in [6.45, 7) is 3.71. The van der Waals surface area contributed by atoms with Crippen molar-refractivity contribution in [1.82, 2.24) is 10.2 Å². The zero-order valence-electron chi connectivity index (χ0n) is 11.8. The number of benzene rings is 1. The highest BCUT2D eigenvalue weighted by molar-refractivity contribution is 7.80. The van der Waals surface area contributed by atoms with Gasteiger partial charge in [0.1, 0.15) is 11.4 Å². The quantitative estimate of drug-likeness (QED) is 0.477. The number of para-hydroxylation sites is 1. The van der Waals surface area contributed by atoms with E-state index in [9.17, 15) is 9.90 Å². The van der Waals surface area contributed by atoms with E-state index in [-0.39, 0.29) is 11.7 Å². The molecule has 1 heterocycles. The number of carbonyl (C=O) groups is 1. The summed E-state index contributed by atoms with van der Waals surface area (Å²) in [6, 6.07) is 6.83. The van der Waals surface area contributed by atoms with Crippen molar-refractivity contribution in [1.29, 1.82) is 0 Å². The SMILES string of the molecule is CCOCCCN1C(=O)/C(=C/c2ccccc2O)NC1=S. The van der Waals surface area contributed by atoms with Crippen LogP contribution in [0.15, 0.2) is 30.0 Å². The number of carbonyl (C=O) groups excluding carboxylic acids is 1. The van der Waals surface area contributed by atoms with Gasteiger partial charge < -0.3 is 15.2 Å². The molecule has 112 valence electrons. The Morgan fingerprint density at radius 3 is 2.90 bits per heavy atom. The fraction of sp³-hybridized carbons (Fsp3) is 0.333. The monoisotopic (exact) mass is 306 g/mol. The number of hydrogen-bond donors (Lipinski definition) is 2. The van der Waals surface area contributed by atoms with Gasteiger partial charge in [0.2, 0.25) is 0 Å². The van der Waals surface area contributed by atoms with Crippen LogP contribution >= 0.6 is 12.2 Å². The van der Waals surface area contributed by atoms with Crippen molar-refractivity contribution in [3.8, 4) is 5.75 Å². The minimum absolute atomic E-state index is 0.125. The smallest absolute Gasteiger partial charge is 0.276 e. The summed E-state index contributed by atoms with van der Waals surface area (Å²) < 4.78 is 5.25. The van der Waals surface area contributed by atoms with Gasteiger partial charge in [0.25, 0.3) is 5.91 Å². The Balaban J connectivity index is 2.06. The lowest BCUT2D eigenvalue weighted by atomic mass is 10.1. The molecule has 2 rings (SSSR count). The average molecular weight is 306 g/mol. The zero-order chi connectivity index (χ0) is 15.2. The van der Waals surface area contributed by atoms with E-state index in [4.69, 9.17) is 17.0 Å². The van der Waals surface area contributed by atoms with Gasteiger partial charge in [-0.15, -0.1) is 0 Å². The van der Waals surface area contributed by atoms with Crippen LogP contribution in [0.5, 0.6) is 5.75 Å². The molecular formula is C15H18N2O3S. The Hall–Kier alpha value is -1.92. The summed E-state index contributed by atoms with van der Waals surface area (Å²) in [4.78, 5) is 13.8. The lowest BCUT2D eigenvalue weighted by Gasteiger charge is -2.13. The lowest BCUT2D eigenvalue weighted by molar-refractivity contribution is -0.122. The van der Waals surface area contributed by atoms with Gasteiger partial charge in [-0.05, 0) is 37.7 Å². The van der Waals surface area contributed by atoms with Crippen LogP contribution in [0.2, 0.25) is 0 Å². The van der Waals surface area contributed by atoms with Crippen LogP contribution < -0.4 is 5.32 Å². The van der Waals surface area contributed by atoms with Crippen molar-refractivity contribution in [2.75, 3.05) is 19.8 Å². The third-order valence-electron chi connectivity index (χ3n) is 3.07. The standard InChI is InChI=1S/C15H18N2O3S/c1-2-20-9-5-8-17-14(19)12(16-15(17)21)10-11-6-3-4-7-13(11)18/h3-4,6-7,10,18H,2,5,8-9H2,1H3,(H,16,21)/b12-10-. The molecule has 0 aromatic heterocycles. The number of amides is 1. The molecule has 0 aliphatic carbocycles. The van der Waals surface area contributed by atoms with E-state index in [1.54, 1.807) is 30.3 Å². The van der Waals surface area contributed by atoms with Gasteiger partial charge in [0.05, 0.1) is 0 Å². The first kappa shape index (κ1) is 15.5. The second-order valence-electron chi connectivity index (χ2n) is 4.55. The van der Waals surface area contributed by atoms with Crippen LogP contribution in [-0.2, 0) is 9.53 Å². The molecule has 6 heteroatoms. The summed E-state index contributed by atoms with van der Waals surface area (Å²) in [5.74, 6) is -0.0555. The largest absolute Gasteiger partial charge is 0.507 e. The van der Waals surface area contributed by atoms with Crippen molar-refractivity contribution >= 4 is 29.3 Å². The van der Waals surface area contributed by atoms with Crippen molar-refractivity contribution < 1.29 is 14.6 Å². The van der Waals surface area contributed by atoms with E-state index in [2.05, 4.69) is 5.32 Å². The van der Waals surface area contributed by atoms with Gasteiger partial charge in [-0.1, -0.05) is 18.2 Å². The minimum Gasteiger partial charge on any atom is -0.507 e. The van der Waals surface area contributed by atoms with E-state index >= 15 is 0 Å². The molecule has 0 radical (unpaired) electrons. The molecule has 1 aliphatic rings. The van der Waals surface area contributed by atoms with Crippen molar-refractivity contribution in [2.45, 2.75) is 13.3 Å². The van der Waals surface area contributed by atoms with Crippen molar-refractivity contribution in [3.63, 3.8) is 0 Å². The van der Waals surface area contributed by atoms with Gasteiger partial charge >= 0.3 is 0 Å². The molecule has 1 fully saturated rings. The third kappa shape index (κ3) is 3.80. The van der Waals surface area contributed by atoms with Crippen LogP contribution in [-0.4, -0.2) is 40.8 Å². The summed E-state index contributed by atoms with van der Waals surface area (Å²) in [5.41, 5.74) is 0.949. The maximum absolute atomic E-state index is 12.3. The molecule has 0 bridgehead atoms. The molecule has 1 aliphatic heterocycles. The highest BCUT2D eigenvalue weighted by atomic mass is 32.1. The van der Waals surface area contributed by atoms with Crippen LogP contribution in [0.1, 0.15) is 18.9 Å². The summed E-state index contributed by atoms with van der Waals surface area (Å²) in [7, 11) is 0. The van der Waals surface area contributed by atoms with Crippen LogP contribution in [0.25, 0.3) is 6.08 Å². The Morgan fingerprint density at radius 1 is 1.43 bits per heavy atom. The topological polar surface area (TPSA) is 61.8 Å². The predicted molar refractivity (Wildman–Crippen MR) is 84.6 cm³/mol. The maximum atomic E-state index is 12.3. The molecule has 2 N–H and O–H groups in total. The number of phenolic OH excluding ortho intramolecular Hbond substituents is 1. The number of nitrogens with one attached hydrogen (secondary N) is 1. The van der Waals surface area contributed by atoms with Crippen molar-refractivity contribution in [3.05, 3.63) is 35.5 Å². The van der Waals surface area contributed by atoms with E-state index in [1.807, 2.05) is 6.92 Å². The molecule has 0 atom stereocenters. The number of ether oxygens (including phenoxy) is 1. The Morgan fingerprint density at radius 2 is 2.19 bits per heavy atom. The first-order valence-corrected chi connectivity index (χ1v) is 7.24. The Bertz CT molecular complexity index is 572. The number of phenols is 1. The second kappa shape index (κ2) is 7.19. The van der Waals surface area contributed by atoms with E-state index < -0.39 is 0 Å². The molecule has 0 saturated carbocycles. The number of rotatable bonds is 6. The summed E-state index contributed by atoms with van der Waals surface area (Å²) in [5, 5.41) is 13.0. The van der Waals surface area contributed by atoms with Gasteiger partial charge in [0, 0.05) is 25.3 Å². The van der Waals surface area contributed by atoms with E-state index in [1.165, 1.54) is 4.90 Å².